The van der Waals surface area contributed by atoms with Crippen molar-refractivity contribution >= 4 is 11.7 Å². The number of ether oxygens (including phenoxy) is 3. The number of rotatable bonds is 5. The maximum atomic E-state index is 12.1. The fourth-order valence-corrected chi connectivity index (χ4v) is 3.29. The van der Waals surface area contributed by atoms with Crippen LogP contribution >= 0.6 is 0 Å². The molecule has 0 radical (unpaired) electrons. The largest absolute Gasteiger partial charge is 0.465 e. The molecule has 1 aliphatic heterocycles. The van der Waals surface area contributed by atoms with Gasteiger partial charge >= 0.3 is 5.97 Å². The van der Waals surface area contributed by atoms with Crippen molar-refractivity contribution in [2.24, 2.45) is 0 Å². The van der Waals surface area contributed by atoms with E-state index in [1.807, 2.05) is 25.2 Å². The minimum atomic E-state index is -0.409. The van der Waals surface area contributed by atoms with Crippen LogP contribution in [0.1, 0.15) is 42.5 Å². The van der Waals surface area contributed by atoms with Crippen molar-refractivity contribution in [2.75, 3.05) is 32.3 Å². The van der Waals surface area contributed by atoms with Gasteiger partial charge in [0.25, 0.3) is 0 Å². The van der Waals surface area contributed by atoms with Crippen LogP contribution in [0, 0.1) is 0 Å². The lowest BCUT2D eigenvalue weighted by molar-refractivity contribution is -0.160. The molecule has 1 heterocycles. The summed E-state index contributed by atoms with van der Waals surface area (Å²) in [5.41, 5.74) is 1.01. The van der Waals surface area contributed by atoms with Gasteiger partial charge in [-0.05, 0) is 31.4 Å². The van der Waals surface area contributed by atoms with E-state index in [0.29, 0.717) is 24.9 Å². The molecule has 0 aromatic heterocycles. The molecular formula is C18H25NO4. The summed E-state index contributed by atoms with van der Waals surface area (Å²) in [4.78, 5) is 14.2. The average Bonchev–Trinajstić information content (AvgIpc) is 2.57. The Labute approximate surface area is 137 Å². The van der Waals surface area contributed by atoms with E-state index < -0.39 is 5.72 Å². The molecule has 1 aromatic carbocycles. The van der Waals surface area contributed by atoms with Gasteiger partial charge in [0.15, 0.2) is 0 Å². The Kier molecular flexibility index (Phi) is 4.87. The van der Waals surface area contributed by atoms with Crippen LogP contribution in [0.15, 0.2) is 24.3 Å². The zero-order valence-corrected chi connectivity index (χ0v) is 13.9. The Balaban J connectivity index is 1.91. The highest BCUT2D eigenvalue weighted by molar-refractivity contribution is 5.95. The molecule has 126 valence electrons. The molecule has 0 N–H and O–H groups in total. The number of benzene rings is 1. The van der Waals surface area contributed by atoms with Crippen LogP contribution in [-0.4, -0.2) is 45.2 Å². The predicted octanol–water partition coefficient (Wildman–Crippen LogP) is 2.99. The summed E-state index contributed by atoms with van der Waals surface area (Å²) in [6.45, 7) is 1.36. The molecule has 0 bridgehead atoms. The zero-order valence-electron chi connectivity index (χ0n) is 13.9. The van der Waals surface area contributed by atoms with Crippen molar-refractivity contribution in [1.29, 1.82) is 0 Å². The summed E-state index contributed by atoms with van der Waals surface area (Å²) in [5.74, 6) is -0.321. The summed E-state index contributed by atoms with van der Waals surface area (Å²) in [6.07, 6.45) is 5.40. The number of nitrogens with zero attached hydrogens (tertiary/aromatic N) is 1. The standard InChI is InChI=1S/C18H25NO4/c1-19(16-9-4-3-8-15(16)17(20)21-2)18(10-12-22-13-11-18)23-14-6-5-7-14/h3-4,8-9,14H,5-7,10-13H2,1-2H3. The molecule has 23 heavy (non-hydrogen) atoms. The summed E-state index contributed by atoms with van der Waals surface area (Å²) >= 11 is 0. The lowest BCUT2D eigenvalue weighted by Crippen LogP contribution is -2.55. The smallest absolute Gasteiger partial charge is 0.339 e. The molecule has 2 fully saturated rings. The van der Waals surface area contributed by atoms with Crippen LogP contribution in [0.5, 0.6) is 0 Å². The number of hydrogen-bond donors (Lipinski definition) is 0. The first-order valence-corrected chi connectivity index (χ1v) is 8.33. The summed E-state index contributed by atoms with van der Waals surface area (Å²) < 4.78 is 17.0. The number of carbonyl (C=O) groups excluding carboxylic acids is 1. The summed E-state index contributed by atoms with van der Waals surface area (Å²) in [5, 5.41) is 0. The highest BCUT2D eigenvalue weighted by atomic mass is 16.5. The van der Waals surface area contributed by atoms with Crippen molar-refractivity contribution in [3.05, 3.63) is 29.8 Å². The third-order valence-electron chi connectivity index (χ3n) is 4.99. The van der Waals surface area contributed by atoms with Gasteiger partial charge in [0.1, 0.15) is 5.72 Å². The molecule has 1 saturated carbocycles. The first-order valence-electron chi connectivity index (χ1n) is 8.33. The molecule has 5 heteroatoms. The van der Waals surface area contributed by atoms with Crippen LogP contribution in [0.25, 0.3) is 0 Å². The Bertz CT molecular complexity index is 550. The third-order valence-corrected chi connectivity index (χ3v) is 4.99. The normalized spacial score (nSPS) is 20.6. The Morgan fingerprint density at radius 2 is 1.96 bits per heavy atom. The van der Waals surface area contributed by atoms with E-state index in [2.05, 4.69) is 4.90 Å². The van der Waals surface area contributed by atoms with Crippen LogP contribution < -0.4 is 4.90 Å². The van der Waals surface area contributed by atoms with Crippen molar-refractivity contribution in [1.82, 2.24) is 0 Å². The monoisotopic (exact) mass is 319 g/mol. The SMILES string of the molecule is COC(=O)c1ccccc1N(C)C1(OC2CCC2)CCOCC1. The molecule has 2 aliphatic rings. The Hall–Kier alpha value is -1.59. The maximum absolute atomic E-state index is 12.1. The van der Waals surface area contributed by atoms with Crippen LogP contribution in [0.3, 0.4) is 0 Å². The van der Waals surface area contributed by atoms with E-state index in [4.69, 9.17) is 14.2 Å². The van der Waals surface area contributed by atoms with Crippen molar-refractivity contribution in [2.45, 2.75) is 43.9 Å². The van der Waals surface area contributed by atoms with Gasteiger partial charge in [0, 0.05) is 19.9 Å². The number of methoxy groups -OCH3 is 1. The molecule has 3 rings (SSSR count). The first kappa shape index (κ1) is 16.3. The quantitative estimate of drug-likeness (QED) is 0.617. The number of anilines is 1. The average molecular weight is 319 g/mol. The number of esters is 1. The minimum absolute atomic E-state index is 0.320. The number of carbonyl (C=O) groups is 1. The minimum Gasteiger partial charge on any atom is -0.465 e. The molecule has 5 nitrogen and oxygen atoms in total. The molecule has 0 atom stereocenters. The van der Waals surface area contributed by atoms with E-state index in [1.54, 1.807) is 6.07 Å². The lowest BCUT2D eigenvalue weighted by atomic mass is 9.93. The molecule has 1 aromatic rings. The third kappa shape index (κ3) is 3.21. The molecule has 1 saturated heterocycles. The predicted molar refractivity (Wildman–Crippen MR) is 87.7 cm³/mol. The van der Waals surface area contributed by atoms with E-state index in [9.17, 15) is 4.79 Å². The second kappa shape index (κ2) is 6.89. The van der Waals surface area contributed by atoms with Gasteiger partial charge in [-0.2, -0.15) is 0 Å². The second-order valence-corrected chi connectivity index (χ2v) is 6.30. The van der Waals surface area contributed by atoms with Gasteiger partial charge in [0.2, 0.25) is 0 Å². The van der Waals surface area contributed by atoms with Gasteiger partial charge in [-0.25, -0.2) is 4.79 Å². The molecule has 0 amide bonds. The van der Waals surface area contributed by atoms with E-state index >= 15 is 0 Å². The maximum Gasteiger partial charge on any atom is 0.339 e. The Morgan fingerprint density at radius 3 is 2.57 bits per heavy atom. The van der Waals surface area contributed by atoms with E-state index in [1.165, 1.54) is 13.5 Å². The van der Waals surface area contributed by atoms with E-state index in [-0.39, 0.29) is 5.97 Å². The highest BCUT2D eigenvalue weighted by Crippen LogP contribution is 2.38. The van der Waals surface area contributed by atoms with Crippen LogP contribution in [0.4, 0.5) is 5.69 Å². The van der Waals surface area contributed by atoms with Crippen molar-refractivity contribution in [3.63, 3.8) is 0 Å². The number of hydrogen-bond acceptors (Lipinski definition) is 5. The van der Waals surface area contributed by atoms with Gasteiger partial charge in [-0.15, -0.1) is 0 Å². The first-order chi connectivity index (χ1) is 11.2. The van der Waals surface area contributed by atoms with E-state index in [0.717, 1.165) is 31.4 Å². The van der Waals surface area contributed by atoms with Gasteiger partial charge in [-0.3, -0.25) is 0 Å². The molecular weight excluding hydrogens is 294 g/mol. The Morgan fingerprint density at radius 1 is 1.26 bits per heavy atom. The van der Waals surface area contributed by atoms with Crippen molar-refractivity contribution in [3.8, 4) is 0 Å². The topological polar surface area (TPSA) is 48.0 Å². The highest BCUT2D eigenvalue weighted by Gasteiger charge is 2.42. The molecule has 0 unspecified atom stereocenters. The summed E-state index contributed by atoms with van der Waals surface area (Å²) in [7, 11) is 3.42. The lowest BCUT2D eigenvalue weighted by Gasteiger charge is -2.48. The summed E-state index contributed by atoms with van der Waals surface area (Å²) in [6, 6.07) is 7.54. The van der Waals surface area contributed by atoms with Crippen LogP contribution in [-0.2, 0) is 14.2 Å². The van der Waals surface area contributed by atoms with Crippen molar-refractivity contribution < 1.29 is 19.0 Å². The number of para-hydroxylation sites is 1. The fraction of sp³-hybridized carbons (Fsp3) is 0.611. The van der Waals surface area contributed by atoms with Gasteiger partial charge in [0.05, 0.1) is 37.7 Å². The van der Waals surface area contributed by atoms with Crippen LogP contribution in [0.2, 0.25) is 0 Å². The van der Waals surface area contributed by atoms with Gasteiger partial charge in [-0.1, -0.05) is 12.1 Å². The fourth-order valence-electron chi connectivity index (χ4n) is 3.29. The molecule has 1 aliphatic carbocycles. The zero-order chi connectivity index (χ0) is 16.3. The molecule has 0 spiro atoms. The second-order valence-electron chi connectivity index (χ2n) is 6.30. The van der Waals surface area contributed by atoms with Gasteiger partial charge < -0.3 is 19.1 Å².